The first-order valence-electron chi connectivity index (χ1n) is 12.9. The predicted molar refractivity (Wildman–Crippen MR) is 160 cm³/mol. The van der Waals surface area contributed by atoms with Crippen molar-refractivity contribution in [2.75, 3.05) is 61.1 Å². The summed E-state index contributed by atoms with van der Waals surface area (Å²) in [6.07, 6.45) is 1.69. The monoisotopic (exact) mass is 569 g/mol. The van der Waals surface area contributed by atoms with Crippen LogP contribution in [0.2, 0.25) is 5.02 Å². The summed E-state index contributed by atoms with van der Waals surface area (Å²) in [5, 5.41) is 4.16. The minimum Gasteiger partial charge on any atom is -0.378 e. The third kappa shape index (κ3) is 8.11. The van der Waals surface area contributed by atoms with Crippen molar-refractivity contribution in [2.24, 2.45) is 0 Å². The standard InChI is InChI=1S/C29H36ClN5O3S/c1-33(2)25-14-10-23(11-15-25)21-31-27(20-22-8-12-24(30)13-9-22)29(36)35-18-16-34(17-19-35)28-7-5-4-6-26(28)32-39(3,37)38/h4-15,27,31-32H,16-21H2,1-3H3. The van der Waals surface area contributed by atoms with Crippen molar-refractivity contribution in [1.82, 2.24) is 10.2 Å². The Morgan fingerprint density at radius 1 is 0.923 bits per heavy atom. The van der Waals surface area contributed by atoms with E-state index < -0.39 is 16.1 Å². The van der Waals surface area contributed by atoms with Crippen LogP contribution in [0.25, 0.3) is 0 Å². The first-order chi connectivity index (χ1) is 18.6. The van der Waals surface area contributed by atoms with Crippen LogP contribution in [0.15, 0.2) is 72.8 Å². The quantitative estimate of drug-likeness (QED) is 0.386. The molecule has 1 unspecified atom stereocenters. The molecule has 1 fully saturated rings. The highest BCUT2D eigenvalue weighted by atomic mass is 35.5. The van der Waals surface area contributed by atoms with E-state index in [-0.39, 0.29) is 5.91 Å². The number of halogens is 1. The van der Waals surface area contributed by atoms with E-state index in [2.05, 4.69) is 44.1 Å². The molecule has 39 heavy (non-hydrogen) atoms. The van der Waals surface area contributed by atoms with Gasteiger partial charge in [0.05, 0.1) is 23.7 Å². The maximum Gasteiger partial charge on any atom is 0.240 e. The largest absolute Gasteiger partial charge is 0.378 e. The minimum atomic E-state index is -3.40. The molecule has 10 heteroatoms. The molecule has 208 valence electrons. The van der Waals surface area contributed by atoms with Crippen LogP contribution in [0.4, 0.5) is 17.1 Å². The molecule has 4 rings (SSSR count). The number of anilines is 3. The van der Waals surface area contributed by atoms with Crippen molar-refractivity contribution in [1.29, 1.82) is 0 Å². The minimum absolute atomic E-state index is 0.0528. The third-order valence-electron chi connectivity index (χ3n) is 6.79. The summed E-state index contributed by atoms with van der Waals surface area (Å²) >= 11 is 6.08. The molecule has 0 saturated carbocycles. The van der Waals surface area contributed by atoms with Gasteiger partial charge in [0.2, 0.25) is 15.9 Å². The van der Waals surface area contributed by atoms with Gasteiger partial charge >= 0.3 is 0 Å². The maximum absolute atomic E-state index is 13.8. The fourth-order valence-corrected chi connectivity index (χ4v) is 5.38. The fraction of sp³-hybridized carbons (Fsp3) is 0.345. The molecule has 1 atom stereocenters. The number of benzene rings is 3. The SMILES string of the molecule is CN(C)c1ccc(CNC(Cc2ccc(Cl)cc2)C(=O)N2CCN(c3ccccc3NS(C)(=O)=O)CC2)cc1. The second kappa shape index (κ2) is 12.7. The van der Waals surface area contributed by atoms with Crippen LogP contribution in [0.3, 0.4) is 0 Å². The molecular weight excluding hydrogens is 534 g/mol. The molecule has 0 bridgehead atoms. The predicted octanol–water partition coefficient (Wildman–Crippen LogP) is 3.83. The van der Waals surface area contributed by atoms with Crippen LogP contribution in [0, 0.1) is 0 Å². The van der Waals surface area contributed by atoms with Gasteiger partial charge in [0.25, 0.3) is 0 Å². The molecule has 0 spiro atoms. The number of rotatable bonds is 10. The van der Waals surface area contributed by atoms with Crippen LogP contribution in [0.5, 0.6) is 0 Å². The van der Waals surface area contributed by atoms with Gasteiger partial charge in [-0.2, -0.15) is 0 Å². The van der Waals surface area contributed by atoms with Gasteiger partial charge in [-0.05, 0) is 53.9 Å². The van der Waals surface area contributed by atoms with Gasteiger partial charge in [-0.25, -0.2) is 8.42 Å². The number of piperazine rings is 1. The molecule has 1 aliphatic heterocycles. The number of sulfonamides is 1. The summed E-state index contributed by atoms with van der Waals surface area (Å²) in [5.41, 5.74) is 4.62. The molecule has 1 aliphatic rings. The Morgan fingerprint density at radius 3 is 2.15 bits per heavy atom. The lowest BCUT2D eigenvalue weighted by Crippen LogP contribution is -2.54. The number of nitrogens with zero attached hydrogens (tertiary/aromatic N) is 3. The lowest BCUT2D eigenvalue weighted by Gasteiger charge is -2.38. The first-order valence-corrected chi connectivity index (χ1v) is 15.2. The Morgan fingerprint density at radius 2 is 1.54 bits per heavy atom. The molecule has 3 aromatic carbocycles. The van der Waals surface area contributed by atoms with Crippen LogP contribution in [-0.2, 0) is 27.8 Å². The normalized spacial score (nSPS) is 14.7. The van der Waals surface area contributed by atoms with Crippen LogP contribution >= 0.6 is 11.6 Å². The van der Waals surface area contributed by atoms with Gasteiger partial charge in [0.15, 0.2) is 0 Å². The lowest BCUT2D eigenvalue weighted by molar-refractivity contribution is -0.133. The van der Waals surface area contributed by atoms with Gasteiger partial charge in [0.1, 0.15) is 0 Å². The van der Waals surface area contributed by atoms with Gasteiger partial charge < -0.3 is 20.0 Å². The summed E-state index contributed by atoms with van der Waals surface area (Å²) in [6, 6.07) is 22.9. The molecule has 2 N–H and O–H groups in total. The van der Waals surface area contributed by atoms with Gasteiger partial charge in [-0.15, -0.1) is 0 Å². The zero-order valence-electron chi connectivity index (χ0n) is 22.6. The van der Waals surface area contributed by atoms with Gasteiger partial charge in [-0.1, -0.05) is 48.0 Å². The molecule has 0 radical (unpaired) electrons. The van der Waals surface area contributed by atoms with E-state index in [0.29, 0.717) is 49.9 Å². The molecule has 3 aromatic rings. The summed E-state index contributed by atoms with van der Waals surface area (Å²) in [6.45, 7) is 2.87. The Hall–Kier alpha value is -3.27. The number of carbonyl (C=O) groups excluding carboxylic acids is 1. The van der Waals surface area contributed by atoms with E-state index in [1.807, 2.05) is 55.4 Å². The van der Waals surface area contributed by atoms with Crippen LogP contribution in [-0.4, -0.2) is 71.8 Å². The lowest BCUT2D eigenvalue weighted by atomic mass is 10.0. The highest BCUT2D eigenvalue weighted by Gasteiger charge is 2.28. The number of hydrogen-bond donors (Lipinski definition) is 2. The van der Waals surface area contributed by atoms with E-state index in [1.165, 1.54) is 0 Å². The molecule has 0 aliphatic carbocycles. The topological polar surface area (TPSA) is 85.0 Å². The summed E-state index contributed by atoms with van der Waals surface area (Å²) in [7, 11) is 0.615. The zero-order valence-corrected chi connectivity index (χ0v) is 24.2. The molecule has 1 amide bonds. The summed E-state index contributed by atoms with van der Waals surface area (Å²) < 4.78 is 26.3. The molecule has 1 heterocycles. The van der Waals surface area contributed by atoms with Crippen molar-refractivity contribution < 1.29 is 13.2 Å². The zero-order chi connectivity index (χ0) is 28.0. The Bertz CT molecular complexity index is 1360. The van der Waals surface area contributed by atoms with E-state index in [9.17, 15) is 13.2 Å². The van der Waals surface area contributed by atoms with Crippen molar-refractivity contribution >= 4 is 44.6 Å². The van der Waals surface area contributed by atoms with E-state index >= 15 is 0 Å². The van der Waals surface area contributed by atoms with Crippen molar-refractivity contribution in [3.8, 4) is 0 Å². The molecule has 1 saturated heterocycles. The smallest absolute Gasteiger partial charge is 0.240 e. The van der Waals surface area contributed by atoms with E-state index in [0.717, 1.165) is 28.8 Å². The summed E-state index contributed by atoms with van der Waals surface area (Å²) in [5.74, 6) is 0.0528. The first kappa shape index (κ1) is 28.7. The number of nitrogens with one attached hydrogen (secondary N) is 2. The number of hydrogen-bond acceptors (Lipinski definition) is 6. The number of amides is 1. The Kier molecular flexibility index (Phi) is 9.37. The average Bonchev–Trinajstić information content (AvgIpc) is 2.91. The molecule has 8 nitrogen and oxygen atoms in total. The second-order valence-corrected chi connectivity index (χ2v) is 12.2. The third-order valence-corrected chi connectivity index (χ3v) is 7.63. The van der Waals surface area contributed by atoms with Crippen LogP contribution in [0.1, 0.15) is 11.1 Å². The highest BCUT2D eigenvalue weighted by Crippen LogP contribution is 2.27. The van der Waals surface area contributed by atoms with Crippen LogP contribution < -0.4 is 19.8 Å². The van der Waals surface area contributed by atoms with Crippen molar-refractivity contribution in [3.05, 3.63) is 88.9 Å². The second-order valence-electron chi connectivity index (χ2n) is 10.0. The average molecular weight is 570 g/mol. The van der Waals surface area contributed by atoms with Gasteiger partial charge in [0, 0.05) is 57.5 Å². The van der Waals surface area contributed by atoms with Crippen molar-refractivity contribution in [3.63, 3.8) is 0 Å². The maximum atomic E-state index is 13.8. The van der Waals surface area contributed by atoms with E-state index in [1.54, 1.807) is 12.1 Å². The number of para-hydroxylation sites is 2. The Balaban J connectivity index is 1.44. The van der Waals surface area contributed by atoms with E-state index in [4.69, 9.17) is 11.6 Å². The highest BCUT2D eigenvalue weighted by molar-refractivity contribution is 7.92. The van der Waals surface area contributed by atoms with Gasteiger partial charge in [-0.3, -0.25) is 9.52 Å². The number of carbonyl (C=O) groups is 1. The Labute approximate surface area is 236 Å². The fourth-order valence-electron chi connectivity index (χ4n) is 4.68. The molecule has 0 aromatic heterocycles. The molecular formula is C29H36ClN5O3S. The summed E-state index contributed by atoms with van der Waals surface area (Å²) in [4.78, 5) is 19.8. The van der Waals surface area contributed by atoms with Crippen molar-refractivity contribution in [2.45, 2.75) is 19.0 Å².